The zero-order valence-electron chi connectivity index (χ0n) is 10.9. The average Bonchev–Trinajstić information content (AvgIpc) is 2.82. The number of aryl methyl sites for hydroxylation is 1. The summed E-state index contributed by atoms with van der Waals surface area (Å²) in [6, 6.07) is 16.9. The SMILES string of the molecule is Cc1ccc2nc(CSCc3ccccc3)[nH]c2c1. The molecule has 2 nitrogen and oxygen atoms in total. The van der Waals surface area contributed by atoms with Crippen molar-refractivity contribution in [2.75, 3.05) is 0 Å². The van der Waals surface area contributed by atoms with Crippen LogP contribution in [0.4, 0.5) is 0 Å². The van der Waals surface area contributed by atoms with Crippen LogP contribution in [0.5, 0.6) is 0 Å². The Balaban J connectivity index is 1.65. The maximum atomic E-state index is 4.61. The highest BCUT2D eigenvalue weighted by atomic mass is 32.2. The second kappa shape index (κ2) is 5.49. The van der Waals surface area contributed by atoms with Crippen LogP contribution in [0.2, 0.25) is 0 Å². The molecule has 3 heteroatoms. The zero-order chi connectivity index (χ0) is 13.1. The lowest BCUT2D eigenvalue weighted by molar-refractivity contribution is 1.14. The zero-order valence-corrected chi connectivity index (χ0v) is 11.7. The molecule has 1 N–H and O–H groups in total. The molecular weight excluding hydrogens is 252 g/mol. The predicted molar refractivity (Wildman–Crippen MR) is 82.3 cm³/mol. The van der Waals surface area contributed by atoms with Crippen LogP contribution in [0.1, 0.15) is 17.0 Å². The molecule has 0 saturated carbocycles. The smallest absolute Gasteiger partial charge is 0.117 e. The van der Waals surface area contributed by atoms with Crippen LogP contribution >= 0.6 is 11.8 Å². The Bertz CT molecular complexity index is 674. The van der Waals surface area contributed by atoms with Crippen molar-refractivity contribution in [1.29, 1.82) is 0 Å². The van der Waals surface area contributed by atoms with Gasteiger partial charge in [0.25, 0.3) is 0 Å². The number of aromatic amines is 1. The topological polar surface area (TPSA) is 28.7 Å². The quantitative estimate of drug-likeness (QED) is 0.764. The van der Waals surface area contributed by atoms with E-state index in [9.17, 15) is 0 Å². The summed E-state index contributed by atoms with van der Waals surface area (Å²) in [4.78, 5) is 8.00. The average molecular weight is 268 g/mol. The molecule has 3 rings (SSSR count). The van der Waals surface area contributed by atoms with Crippen molar-refractivity contribution in [3.8, 4) is 0 Å². The van der Waals surface area contributed by atoms with E-state index in [1.54, 1.807) is 0 Å². The van der Waals surface area contributed by atoms with Gasteiger partial charge in [0, 0.05) is 5.75 Å². The number of imidazole rings is 1. The van der Waals surface area contributed by atoms with Crippen molar-refractivity contribution in [2.24, 2.45) is 0 Å². The van der Waals surface area contributed by atoms with Crippen LogP contribution in [-0.2, 0) is 11.5 Å². The summed E-state index contributed by atoms with van der Waals surface area (Å²) in [5.41, 5.74) is 4.82. The van der Waals surface area contributed by atoms with Gasteiger partial charge in [0.05, 0.1) is 16.8 Å². The third kappa shape index (κ3) is 2.99. The van der Waals surface area contributed by atoms with Crippen LogP contribution < -0.4 is 0 Å². The molecule has 96 valence electrons. The number of nitrogens with one attached hydrogen (secondary N) is 1. The number of aromatic nitrogens is 2. The lowest BCUT2D eigenvalue weighted by Gasteiger charge is -1.99. The molecule has 0 radical (unpaired) electrons. The molecule has 0 unspecified atom stereocenters. The van der Waals surface area contributed by atoms with E-state index < -0.39 is 0 Å². The second-order valence-electron chi connectivity index (χ2n) is 4.68. The lowest BCUT2D eigenvalue weighted by Crippen LogP contribution is -1.85. The molecule has 0 bridgehead atoms. The summed E-state index contributed by atoms with van der Waals surface area (Å²) in [7, 11) is 0. The summed E-state index contributed by atoms with van der Waals surface area (Å²) >= 11 is 1.89. The molecule has 0 aliphatic rings. The van der Waals surface area contributed by atoms with Gasteiger partial charge in [-0.1, -0.05) is 36.4 Å². The molecule has 1 heterocycles. The molecule has 0 saturated heterocycles. The Morgan fingerprint density at radius 3 is 2.74 bits per heavy atom. The molecule has 1 aromatic heterocycles. The van der Waals surface area contributed by atoms with E-state index in [-0.39, 0.29) is 0 Å². The first-order valence-electron chi connectivity index (χ1n) is 6.38. The van der Waals surface area contributed by atoms with Crippen molar-refractivity contribution in [2.45, 2.75) is 18.4 Å². The molecule has 19 heavy (non-hydrogen) atoms. The molecule has 2 aromatic carbocycles. The van der Waals surface area contributed by atoms with E-state index in [1.807, 2.05) is 11.8 Å². The molecule has 3 aromatic rings. The fraction of sp³-hybridized carbons (Fsp3) is 0.188. The minimum Gasteiger partial charge on any atom is -0.341 e. The number of hydrogen-bond donors (Lipinski definition) is 1. The van der Waals surface area contributed by atoms with E-state index in [1.165, 1.54) is 11.1 Å². The Morgan fingerprint density at radius 2 is 1.89 bits per heavy atom. The summed E-state index contributed by atoms with van der Waals surface area (Å²) in [6.07, 6.45) is 0. The third-order valence-corrected chi connectivity index (χ3v) is 4.05. The van der Waals surface area contributed by atoms with Gasteiger partial charge in [0.2, 0.25) is 0 Å². The number of fused-ring (bicyclic) bond motifs is 1. The molecule has 0 spiro atoms. The Hall–Kier alpha value is -1.74. The van der Waals surface area contributed by atoms with Gasteiger partial charge in [0.15, 0.2) is 0 Å². The van der Waals surface area contributed by atoms with Gasteiger partial charge in [-0.25, -0.2) is 4.98 Å². The highest BCUT2D eigenvalue weighted by Crippen LogP contribution is 2.19. The van der Waals surface area contributed by atoms with Crippen molar-refractivity contribution >= 4 is 22.8 Å². The number of H-pyrrole nitrogens is 1. The van der Waals surface area contributed by atoms with Crippen molar-refractivity contribution in [3.05, 3.63) is 65.5 Å². The summed E-state index contributed by atoms with van der Waals surface area (Å²) in [5, 5.41) is 0. The number of thioether (sulfide) groups is 1. The van der Waals surface area contributed by atoms with Crippen LogP contribution in [0.15, 0.2) is 48.5 Å². The van der Waals surface area contributed by atoms with E-state index >= 15 is 0 Å². The molecular formula is C16H16N2S. The number of nitrogens with zero attached hydrogens (tertiary/aromatic N) is 1. The van der Waals surface area contributed by atoms with Gasteiger partial charge < -0.3 is 4.98 Å². The molecule has 0 atom stereocenters. The second-order valence-corrected chi connectivity index (χ2v) is 5.67. The molecule has 0 fully saturated rings. The largest absolute Gasteiger partial charge is 0.341 e. The van der Waals surface area contributed by atoms with E-state index in [0.717, 1.165) is 28.4 Å². The first-order valence-corrected chi connectivity index (χ1v) is 7.54. The normalized spacial score (nSPS) is 11.0. The minimum absolute atomic E-state index is 0.919. The van der Waals surface area contributed by atoms with Crippen LogP contribution in [0, 0.1) is 6.92 Å². The first kappa shape index (κ1) is 12.3. The number of benzene rings is 2. The molecule has 0 aliphatic heterocycles. The predicted octanol–water partition coefficient (Wildman–Crippen LogP) is 4.30. The minimum atomic E-state index is 0.919. The van der Waals surface area contributed by atoms with E-state index in [4.69, 9.17) is 0 Å². The van der Waals surface area contributed by atoms with Gasteiger partial charge in [-0.05, 0) is 30.2 Å². The summed E-state index contributed by atoms with van der Waals surface area (Å²) in [6.45, 7) is 2.10. The summed E-state index contributed by atoms with van der Waals surface area (Å²) < 4.78 is 0. The molecule has 0 amide bonds. The van der Waals surface area contributed by atoms with Crippen molar-refractivity contribution < 1.29 is 0 Å². The maximum Gasteiger partial charge on any atom is 0.117 e. The summed E-state index contributed by atoms with van der Waals surface area (Å²) in [5.74, 6) is 3.00. The number of hydrogen-bond acceptors (Lipinski definition) is 2. The number of rotatable bonds is 4. The Kier molecular flexibility index (Phi) is 3.56. The fourth-order valence-electron chi connectivity index (χ4n) is 2.08. The van der Waals surface area contributed by atoms with Gasteiger partial charge in [-0.3, -0.25) is 0 Å². The monoisotopic (exact) mass is 268 g/mol. The van der Waals surface area contributed by atoms with Crippen LogP contribution in [0.25, 0.3) is 11.0 Å². The van der Waals surface area contributed by atoms with Crippen LogP contribution in [0.3, 0.4) is 0 Å². The van der Waals surface area contributed by atoms with Crippen molar-refractivity contribution in [1.82, 2.24) is 9.97 Å². The lowest BCUT2D eigenvalue weighted by atomic mass is 10.2. The third-order valence-electron chi connectivity index (χ3n) is 3.04. The van der Waals surface area contributed by atoms with Gasteiger partial charge in [-0.2, -0.15) is 0 Å². The molecule has 0 aliphatic carbocycles. The highest BCUT2D eigenvalue weighted by molar-refractivity contribution is 7.97. The van der Waals surface area contributed by atoms with Crippen molar-refractivity contribution in [3.63, 3.8) is 0 Å². The van der Waals surface area contributed by atoms with Gasteiger partial charge in [0.1, 0.15) is 5.82 Å². The van der Waals surface area contributed by atoms with E-state index in [0.29, 0.717) is 0 Å². The van der Waals surface area contributed by atoms with E-state index in [2.05, 4.69) is 65.4 Å². The van der Waals surface area contributed by atoms with Gasteiger partial charge >= 0.3 is 0 Å². The Morgan fingerprint density at radius 1 is 1.05 bits per heavy atom. The Labute approximate surface area is 117 Å². The maximum absolute atomic E-state index is 4.61. The first-order chi connectivity index (χ1) is 9.31. The fourth-order valence-corrected chi connectivity index (χ4v) is 2.94. The van der Waals surface area contributed by atoms with Crippen LogP contribution in [-0.4, -0.2) is 9.97 Å². The van der Waals surface area contributed by atoms with Gasteiger partial charge in [-0.15, -0.1) is 11.8 Å². The highest BCUT2D eigenvalue weighted by Gasteiger charge is 2.03. The standard InChI is InChI=1S/C16H16N2S/c1-12-7-8-14-15(9-12)18-16(17-14)11-19-10-13-5-3-2-4-6-13/h2-9H,10-11H2,1H3,(H,17,18).